The van der Waals surface area contributed by atoms with Crippen LogP contribution < -0.4 is 0 Å². The SMILES string of the molecule is Cc1cnc2c(S(=O)(=O)N(Cc3cnn(C)c3)C(C)C)cccc2c1. The van der Waals surface area contributed by atoms with E-state index in [0.29, 0.717) is 5.52 Å². The van der Waals surface area contributed by atoms with Gasteiger partial charge >= 0.3 is 0 Å². The molecule has 0 radical (unpaired) electrons. The fraction of sp³-hybridized carbons (Fsp3) is 0.333. The van der Waals surface area contributed by atoms with Gasteiger partial charge in [-0.15, -0.1) is 0 Å². The van der Waals surface area contributed by atoms with Crippen molar-refractivity contribution in [1.82, 2.24) is 19.1 Å². The summed E-state index contributed by atoms with van der Waals surface area (Å²) >= 11 is 0. The van der Waals surface area contributed by atoms with E-state index in [1.165, 1.54) is 4.31 Å². The Morgan fingerprint density at radius 1 is 1.24 bits per heavy atom. The van der Waals surface area contributed by atoms with E-state index in [1.54, 1.807) is 29.2 Å². The highest BCUT2D eigenvalue weighted by Crippen LogP contribution is 2.27. The zero-order chi connectivity index (χ0) is 18.2. The van der Waals surface area contributed by atoms with Crippen LogP contribution in [-0.2, 0) is 23.6 Å². The minimum Gasteiger partial charge on any atom is -0.275 e. The van der Waals surface area contributed by atoms with Gasteiger partial charge in [0.05, 0.1) is 11.7 Å². The van der Waals surface area contributed by atoms with Crippen molar-refractivity contribution in [2.45, 2.75) is 38.3 Å². The Morgan fingerprint density at radius 2 is 2.00 bits per heavy atom. The highest BCUT2D eigenvalue weighted by molar-refractivity contribution is 7.89. The zero-order valence-electron chi connectivity index (χ0n) is 14.8. The molecule has 132 valence electrons. The molecular formula is C18H22N4O2S. The molecule has 0 aliphatic carbocycles. The maximum Gasteiger partial charge on any atom is 0.245 e. The van der Waals surface area contributed by atoms with Gasteiger partial charge in [0, 0.05) is 43.0 Å². The van der Waals surface area contributed by atoms with Gasteiger partial charge in [-0.3, -0.25) is 9.67 Å². The molecule has 0 spiro atoms. The summed E-state index contributed by atoms with van der Waals surface area (Å²) < 4.78 is 29.8. The molecule has 6 nitrogen and oxygen atoms in total. The number of pyridine rings is 1. The first kappa shape index (κ1) is 17.6. The quantitative estimate of drug-likeness (QED) is 0.703. The third-order valence-corrected chi connectivity index (χ3v) is 6.12. The minimum absolute atomic E-state index is 0.189. The number of nitrogens with zero attached hydrogens (tertiary/aromatic N) is 4. The number of aryl methyl sites for hydroxylation is 2. The topological polar surface area (TPSA) is 68.1 Å². The van der Waals surface area contributed by atoms with Gasteiger partial charge in [0.15, 0.2) is 0 Å². The smallest absolute Gasteiger partial charge is 0.245 e. The van der Waals surface area contributed by atoms with Crippen molar-refractivity contribution in [3.05, 3.63) is 54.0 Å². The number of rotatable bonds is 5. The Bertz CT molecular complexity index is 1010. The van der Waals surface area contributed by atoms with Crippen molar-refractivity contribution < 1.29 is 8.42 Å². The third kappa shape index (κ3) is 3.43. The molecule has 0 amide bonds. The fourth-order valence-electron chi connectivity index (χ4n) is 2.86. The maximum atomic E-state index is 13.3. The molecule has 0 bridgehead atoms. The second-order valence-electron chi connectivity index (χ2n) is 6.51. The second kappa shape index (κ2) is 6.57. The largest absolute Gasteiger partial charge is 0.275 e. The average molecular weight is 358 g/mol. The van der Waals surface area contributed by atoms with Crippen molar-refractivity contribution in [2.75, 3.05) is 0 Å². The normalized spacial score (nSPS) is 12.4. The van der Waals surface area contributed by atoms with Gasteiger partial charge in [0.1, 0.15) is 4.90 Å². The van der Waals surface area contributed by atoms with Gasteiger partial charge in [-0.05, 0) is 38.5 Å². The number of hydrogen-bond donors (Lipinski definition) is 0. The van der Waals surface area contributed by atoms with E-state index >= 15 is 0 Å². The summed E-state index contributed by atoms with van der Waals surface area (Å²) in [6, 6.07) is 7.03. The molecule has 0 unspecified atom stereocenters. The van der Waals surface area contributed by atoms with E-state index < -0.39 is 10.0 Å². The Morgan fingerprint density at radius 3 is 2.64 bits per heavy atom. The van der Waals surface area contributed by atoms with E-state index in [2.05, 4.69) is 10.1 Å². The molecule has 2 aromatic heterocycles. The number of para-hydroxylation sites is 1. The lowest BCUT2D eigenvalue weighted by Crippen LogP contribution is -2.36. The predicted octanol–water partition coefficient (Wildman–Crippen LogP) is 2.88. The number of sulfonamides is 1. The van der Waals surface area contributed by atoms with Crippen molar-refractivity contribution >= 4 is 20.9 Å². The van der Waals surface area contributed by atoms with E-state index in [0.717, 1.165) is 16.5 Å². The lowest BCUT2D eigenvalue weighted by Gasteiger charge is -2.26. The molecule has 0 saturated heterocycles. The van der Waals surface area contributed by atoms with Crippen LogP contribution >= 0.6 is 0 Å². The predicted molar refractivity (Wildman–Crippen MR) is 97.6 cm³/mol. The van der Waals surface area contributed by atoms with Crippen LogP contribution in [-0.4, -0.2) is 33.5 Å². The standard InChI is InChI=1S/C18H22N4O2S/c1-13(2)22(12-15-10-20-21(4)11-15)25(23,24)17-7-5-6-16-8-14(3)9-19-18(16)17/h5-11,13H,12H2,1-4H3. The highest BCUT2D eigenvalue weighted by Gasteiger charge is 2.29. The Balaban J connectivity index is 2.09. The number of aromatic nitrogens is 3. The summed E-state index contributed by atoms with van der Waals surface area (Å²) in [5.74, 6) is 0. The Labute approximate surface area is 148 Å². The van der Waals surface area contributed by atoms with E-state index in [1.807, 2.05) is 46.1 Å². The van der Waals surface area contributed by atoms with Gasteiger partial charge in [0.25, 0.3) is 0 Å². The molecule has 25 heavy (non-hydrogen) atoms. The molecular weight excluding hydrogens is 336 g/mol. The monoisotopic (exact) mass is 358 g/mol. The Kier molecular flexibility index (Phi) is 4.62. The molecule has 0 N–H and O–H groups in total. The second-order valence-corrected chi connectivity index (χ2v) is 8.37. The molecule has 3 rings (SSSR count). The minimum atomic E-state index is -3.69. The van der Waals surface area contributed by atoms with Crippen LogP contribution in [0.5, 0.6) is 0 Å². The molecule has 0 saturated carbocycles. The van der Waals surface area contributed by atoms with Crippen LogP contribution in [0.3, 0.4) is 0 Å². The maximum absolute atomic E-state index is 13.3. The van der Waals surface area contributed by atoms with Crippen molar-refractivity contribution in [2.24, 2.45) is 7.05 Å². The molecule has 2 heterocycles. The van der Waals surface area contributed by atoms with Crippen LogP contribution in [0.2, 0.25) is 0 Å². The van der Waals surface area contributed by atoms with Gasteiger partial charge in [-0.25, -0.2) is 8.42 Å². The molecule has 1 aromatic carbocycles. The summed E-state index contributed by atoms with van der Waals surface area (Å²) in [6.45, 7) is 5.96. The van der Waals surface area contributed by atoms with Crippen LogP contribution in [0.15, 0.2) is 47.8 Å². The van der Waals surface area contributed by atoms with E-state index in [4.69, 9.17) is 0 Å². The summed E-state index contributed by atoms with van der Waals surface area (Å²) in [6.07, 6.45) is 5.22. The average Bonchev–Trinajstić information content (AvgIpc) is 2.96. The number of hydrogen-bond acceptors (Lipinski definition) is 4. The van der Waals surface area contributed by atoms with Crippen molar-refractivity contribution in [1.29, 1.82) is 0 Å². The summed E-state index contributed by atoms with van der Waals surface area (Å²) in [5, 5.41) is 4.95. The molecule has 0 atom stereocenters. The van der Waals surface area contributed by atoms with Gasteiger partial charge < -0.3 is 0 Å². The first-order valence-electron chi connectivity index (χ1n) is 8.14. The highest BCUT2D eigenvalue weighted by atomic mass is 32.2. The van der Waals surface area contributed by atoms with E-state index in [9.17, 15) is 8.42 Å². The zero-order valence-corrected chi connectivity index (χ0v) is 15.7. The summed E-state index contributed by atoms with van der Waals surface area (Å²) in [4.78, 5) is 4.62. The summed E-state index contributed by atoms with van der Waals surface area (Å²) in [7, 11) is -1.88. The number of fused-ring (bicyclic) bond motifs is 1. The fourth-order valence-corrected chi connectivity index (χ4v) is 4.65. The van der Waals surface area contributed by atoms with Gasteiger partial charge in [-0.2, -0.15) is 9.40 Å². The number of benzene rings is 1. The lowest BCUT2D eigenvalue weighted by molar-refractivity contribution is 0.348. The first-order valence-corrected chi connectivity index (χ1v) is 9.58. The molecule has 0 aliphatic heterocycles. The van der Waals surface area contributed by atoms with Crippen LogP contribution in [0.4, 0.5) is 0 Å². The van der Waals surface area contributed by atoms with Crippen molar-refractivity contribution in [3.63, 3.8) is 0 Å². The van der Waals surface area contributed by atoms with Crippen LogP contribution in [0.25, 0.3) is 10.9 Å². The molecule has 3 aromatic rings. The first-order chi connectivity index (χ1) is 11.8. The van der Waals surface area contributed by atoms with Gasteiger partial charge in [0.2, 0.25) is 10.0 Å². The molecule has 7 heteroatoms. The van der Waals surface area contributed by atoms with Gasteiger partial charge in [-0.1, -0.05) is 12.1 Å². The molecule has 0 fully saturated rings. The van der Waals surface area contributed by atoms with Crippen LogP contribution in [0, 0.1) is 6.92 Å². The Hall–Kier alpha value is -2.25. The van der Waals surface area contributed by atoms with Crippen molar-refractivity contribution in [3.8, 4) is 0 Å². The van der Waals surface area contributed by atoms with Crippen LogP contribution in [0.1, 0.15) is 25.0 Å². The third-order valence-electron chi connectivity index (χ3n) is 4.07. The lowest BCUT2D eigenvalue weighted by atomic mass is 10.2. The summed E-state index contributed by atoms with van der Waals surface area (Å²) in [5.41, 5.74) is 2.35. The molecule has 0 aliphatic rings. The van der Waals surface area contributed by atoms with E-state index in [-0.39, 0.29) is 17.5 Å².